The lowest BCUT2D eigenvalue weighted by Gasteiger charge is -2.36. The molecule has 0 aliphatic carbocycles. The van der Waals surface area contributed by atoms with E-state index in [1.165, 1.54) is 11.1 Å². The van der Waals surface area contributed by atoms with Crippen LogP contribution in [0, 0.1) is 0 Å². The molecule has 0 radical (unpaired) electrons. The van der Waals surface area contributed by atoms with Crippen molar-refractivity contribution in [2.75, 3.05) is 25.2 Å². The highest BCUT2D eigenvalue weighted by atomic mass is 32.2. The van der Waals surface area contributed by atoms with Crippen LogP contribution in [0.1, 0.15) is 16.7 Å². The van der Waals surface area contributed by atoms with Crippen molar-refractivity contribution in [3.8, 4) is 5.75 Å². The van der Waals surface area contributed by atoms with E-state index in [2.05, 4.69) is 73.3 Å². The van der Waals surface area contributed by atoms with Gasteiger partial charge in [-0.15, -0.1) is 11.8 Å². The second-order valence-corrected chi connectivity index (χ2v) is 9.12. The van der Waals surface area contributed by atoms with Gasteiger partial charge in [0.1, 0.15) is 11.8 Å². The molecule has 3 rings (SSSR count). The Morgan fingerprint density at radius 2 is 1.41 bits per heavy atom. The molecule has 0 aromatic heterocycles. The summed E-state index contributed by atoms with van der Waals surface area (Å²) in [5.41, 5.74) is 14.5. The average molecular weight is 501 g/mol. The summed E-state index contributed by atoms with van der Waals surface area (Å²) in [5, 5.41) is 17.5. The first kappa shape index (κ1) is 27.8. The number of benzene rings is 3. The Labute approximate surface area is 210 Å². The Morgan fingerprint density at radius 1 is 0.941 bits per heavy atom. The van der Waals surface area contributed by atoms with Crippen molar-refractivity contribution in [3.05, 3.63) is 102 Å². The molecular weight excluding hydrogens is 468 g/mol. The second-order valence-electron chi connectivity index (χ2n) is 7.52. The molecule has 0 spiro atoms. The Bertz CT molecular complexity index is 949. The fraction of sp³-hybridized carbons (Fsp3) is 0.269. The number of aliphatic hydroxyl groups is 1. The summed E-state index contributed by atoms with van der Waals surface area (Å²) in [6.45, 7) is -0.0325. The minimum Gasteiger partial charge on any atom is -0.497 e. The molecule has 0 saturated heterocycles. The molecule has 0 aliphatic rings. The Balaban J connectivity index is 0.000000509. The van der Waals surface area contributed by atoms with Crippen LogP contribution in [0.15, 0.2) is 84.9 Å². The Kier molecular flexibility index (Phi) is 11.5. The van der Waals surface area contributed by atoms with Gasteiger partial charge in [0.2, 0.25) is 0 Å². The molecule has 2 atom stereocenters. The van der Waals surface area contributed by atoms with Gasteiger partial charge in [-0.25, -0.2) is 0 Å². The third-order valence-corrected chi connectivity index (χ3v) is 7.25. The third-order valence-electron chi connectivity index (χ3n) is 5.12. The quantitative estimate of drug-likeness (QED) is 0.214. The van der Waals surface area contributed by atoms with Crippen LogP contribution in [0.5, 0.6) is 5.75 Å². The number of rotatable bonds is 10. The topological polar surface area (TPSA) is 119 Å². The average Bonchev–Trinajstić information content (AvgIpc) is 2.90. The monoisotopic (exact) mass is 500 g/mol. The fourth-order valence-electron chi connectivity index (χ4n) is 3.28. The van der Waals surface area contributed by atoms with E-state index in [0.29, 0.717) is 5.75 Å². The normalized spacial score (nSPS) is 12.7. The Hall–Kier alpha value is -2.49. The van der Waals surface area contributed by atoms with Crippen molar-refractivity contribution in [1.82, 2.24) is 0 Å². The number of ether oxygens (including phenoxy) is 1. The van der Waals surface area contributed by atoms with Crippen LogP contribution in [0.2, 0.25) is 0 Å². The van der Waals surface area contributed by atoms with Crippen LogP contribution < -0.4 is 16.2 Å². The standard InChI is InChI=1S/C23H25NO2S.C3H7NO2S/c1-26-22-14-12-20(13-15-22)23(27-17-21(24)16-25,18-8-4-2-5-9-18)19-10-6-3-7-11-19;4-2(1-7)3(5)6/h2-15,21,25H,16-17,24H2,1H3;2,7H,1,4H2,(H,5,6)/t21-;2-/m01/s1. The predicted octanol–water partition coefficient (Wildman–Crippen LogP) is 3.37. The molecule has 8 heteroatoms. The first-order chi connectivity index (χ1) is 16.4. The van der Waals surface area contributed by atoms with Crippen LogP contribution in [-0.2, 0) is 9.54 Å². The van der Waals surface area contributed by atoms with Gasteiger partial charge >= 0.3 is 5.97 Å². The SMILES string of the molecule is COc1ccc(C(SC[C@@H](N)CO)(c2ccccc2)c2ccccc2)cc1.N[C@H](CS)C(=O)O. The van der Waals surface area contributed by atoms with Crippen molar-refractivity contribution >= 4 is 30.4 Å². The highest BCUT2D eigenvalue weighted by Gasteiger charge is 2.37. The lowest BCUT2D eigenvalue weighted by Crippen LogP contribution is -2.32. The molecule has 0 saturated carbocycles. The van der Waals surface area contributed by atoms with E-state index in [1.54, 1.807) is 18.9 Å². The summed E-state index contributed by atoms with van der Waals surface area (Å²) in [4.78, 5) is 9.76. The fourth-order valence-corrected chi connectivity index (χ4v) is 4.92. The molecule has 34 heavy (non-hydrogen) atoms. The number of hydrogen-bond donors (Lipinski definition) is 5. The number of hydrogen-bond acceptors (Lipinski definition) is 7. The van der Waals surface area contributed by atoms with Crippen LogP contribution in [-0.4, -0.2) is 53.5 Å². The zero-order valence-electron chi connectivity index (χ0n) is 19.1. The van der Waals surface area contributed by atoms with Crippen molar-refractivity contribution < 1.29 is 19.7 Å². The molecule has 0 unspecified atom stereocenters. The summed E-state index contributed by atoms with van der Waals surface area (Å²) in [7, 11) is 1.67. The molecule has 0 bridgehead atoms. The van der Waals surface area contributed by atoms with Crippen LogP contribution >= 0.6 is 24.4 Å². The summed E-state index contributed by atoms with van der Waals surface area (Å²) in [5.74, 6) is 0.641. The van der Waals surface area contributed by atoms with Gasteiger partial charge < -0.3 is 26.4 Å². The third kappa shape index (κ3) is 7.25. The number of thiol groups is 1. The molecule has 6 N–H and O–H groups in total. The van der Waals surface area contributed by atoms with Gasteiger partial charge in [-0.3, -0.25) is 4.79 Å². The number of methoxy groups -OCH3 is 1. The number of thioether (sulfide) groups is 1. The number of carboxylic acids is 1. The maximum Gasteiger partial charge on any atom is 0.321 e. The van der Waals surface area contributed by atoms with E-state index in [9.17, 15) is 9.90 Å². The molecule has 182 valence electrons. The molecule has 0 heterocycles. The maximum atomic E-state index is 9.76. The van der Waals surface area contributed by atoms with E-state index in [1.807, 2.05) is 24.3 Å². The number of carbonyl (C=O) groups is 1. The van der Waals surface area contributed by atoms with Gasteiger partial charge in [0.25, 0.3) is 0 Å². The van der Waals surface area contributed by atoms with Gasteiger partial charge in [0.15, 0.2) is 0 Å². The number of carboxylic acid groups (broad SMARTS) is 1. The Morgan fingerprint density at radius 3 is 1.76 bits per heavy atom. The van der Waals surface area contributed by atoms with Crippen LogP contribution in [0.3, 0.4) is 0 Å². The minimum absolute atomic E-state index is 0.0325. The zero-order chi connectivity index (χ0) is 25.0. The number of aliphatic carboxylic acids is 1. The van der Waals surface area contributed by atoms with Gasteiger partial charge in [0.05, 0.1) is 18.5 Å². The van der Waals surface area contributed by atoms with Crippen molar-refractivity contribution in [1.29, 1.82) is 0 Å². The van der Waals surface area contributed by atoms with Crippen molar-refractivity contribution in [2.45, 2.75) is 16.8 Å². The number of aliphatic hydroxyl groups excluding tert-OH is 1. The van der Waals surface area contributed by atoms with E-state index < -0.39 is 16.8 Å². The molecule has 3 aromatic carbocycles. The predicted molar refractivity (Wildman–Crippen MR) is 143 cm³/mol. The smallest absolute Gasteiger partial charge is 0.321 e. The first-order valence-corrected chi connectivity index (χ1v) is 12.4. The molecule has 0 fully saturated rings. The van der Waals surface area contributed by atoms with E-state index in [4.69, 9.17) is 21.3 Å². The van der Waals surface area contributed by atoms with Crippen LogP contribution in [0.4, 0.5) is 0 Å². The van der Waals surface area contributed by atoms with Crippen LogP contribution in [0.25, 0.3) is 0 Å². The number of nitrogens with two attached hydrogens (primary N) is 2. The lowest BCUT2D eigenvalue weighted by atomic mass is 9.84. The van der Waals surface area contributed by atoms with Gasteiger partial charge in [-0.05, 0) is 28.8 Å². The van der Waals surface area contributed by atoms with Crippen molar-refractivity contribution in [2.24, 2.45) is 11.5 Å². The first-order valence-electron chi connectivity index (χ1n) is 10.7. The van der Waals surface area contributed by atoms with Gasteiger partial charge in [-0.1, -0.05) is 72.8 Å². The highest BCUT2D eigenvalue weighted by Crippen LogP contribution is 2.48. The zero-order valence-corrected chi connectivity index (χ0v) is 20.8. The van der Waals surface area contributed by atoms with Crippen molar-refractivity contribution in [3.63, 3.8) is 0 Å². The molecule has 3 aromatic rings. The van der Waals surface area contributed by atoms with E-state index in [-0.39, 0.29) is 18.4 Å². The summed E-state index contributed by atoms with van der Waals surface area (Å²) in [6.07, 6.45) is 0. The van der Waals surface area contributed by atoms with Gasteiger partial charge in [-0.2, -0.15) is 12.6 Å². The summed E-state index contributed by atoms with van der Waals surface area (Å²) >= 11 is 5.40. The van der Waals surface area contributed by atoms with E-state index in [0.717, 1.165) is 11.3 Å². The maximum absolute atomic E-state index is 9.76. The van der Waals surface area contributed by atoms with Gasteiger partial charge in [0, 0.05) is 17.5 Å². The largest absolute Gasteiger partial charge is 0.497 e. The lowest BCUT2D eigenvalue weighted by molar-refractivity contribution is -0.137. The molecule has 6 nitrogen and oxygen atoms in total. The second kappa shape index (κ2) is 14.0. The summed E-state index contributed by atoms with van der Waals surface area (Å²) in [6, 6.07) is 28.0. The molecule has 0 aliphatic heterocycles. The minimum atomic E-state index is -1.00. The molecule has 0 amide bonds. The summed E-state index contributed by atoms with van der Waals surface area (Å²) < 4.78 is 4.92. The van der Waals surface area contributed by atoms with E-state index >= 15 is 0 Å². The molecular formula is C26H32N2O4S2. The highest BCUT2D eigenvalue weighted by molar-refractivity contribution is 8.00.